The monoisotopic (exact) mass is 568 g/mol. The van der Waals surface area contributed by atoms with Crippen LogP contribution in [0, 0.1) is 6.92 Å². The molecule has 1 amide bonds. The van der Waals surface area contributed by atoms with E-state index < -0.39 is 5.97 Å². The zero-order valence-corrected chi connectivity index (χ0v) is 24.3. The van der Waals surface area contributed by atoms with Crippen molar-refractivity contribution < 1.29 is 14.3 Å². The third-order valence-corrected chi connectivity index (χ3v) is 8.26. The molecule has 0 aliphatic heterocycles. The van der Waals surface area contributed by atoms with E-state index in [0.29, 0.717) is 17.8 Å². The number of amides is 1. The van der Waals surface area contributed by atoms with E-state index >= 15 is 0 Å². The highest BCUT2D eigenvalue weighted by molar-refractivity contribution is 7.99. The van der Waals surface area contributed by atoms with Gasteiger partial charge in [-0.15, -0.1) is 0 Å². The Morgan fingerprint density at radius 1 is 0.925 bits per heavy atom. The lowest BCUT2D eigenvalue weighted by Gasteiger charge is -2.14. The molecule has 1 aromatic heterocycles. The molecular weight excluding hydrogens is 540 g/mol. The Kier molecular flexibility index (Phi) is 8.01. The molecule has 40 heavy (non-hydrogen) atoms. The lowest BCUT2D eigenvalue weighted by Crippen LogP contribution is -2.21. The predicted octanol–water partition coefficient (Wildman–Crippen LogP) is 7.96. The van der Waals surface area contributed by atoms with E-state index in [-0.39, 0.29) is 5.91 Å². The maximum atomic E-state index is 12.9. The third kappa shape index (κ3) is 5.64. The van der Waals surface area contributed by atoms with Gasteiger partial charge in [0.05, 0.1) is 12.6 Å². The minimum Gasteiger partial charge on any atom is -0.464 e. The minimum absolute atomic E-state index is 0.0549. The van der Waals surface area contributed by atoms with Crippen LogP contribution in [0.1, 0.15) is 32.0 Å². The van der Waals surface area contributed by atoms with Gasteiger partial charge in [-0.1, -0.05) is 65.8 Å². The number of hydrogen-bond donors (Lipinski definition) is 0. The van der Waals surface area contributed by atoms with Crippen LogP contribution in [0.3, 0.4) is 0 Å². The van der Waals surface area contributed by atoms with Gasteiger partial charge in [-0.25, -0.2) is 4.79 Å². The molecular formula is C33H29ClN2O3S. The Labute approximate surface area is 243 Å². The van der Waals surface area contributed by atoms with E-state index in [9.17, 15) is 9.59 Å². The molecule has 0 aliphatic rings. The van der Waals surface area contributed by atoms with Crippen LogP contribution >= 0.6 is 23.4 Å². The van der Waals surface area contributed by atoms with Crippen LogP contribution in [0.25, 0.3) is 22.0 Å². The molecule has 0 spiro atoms. The fourth-order valence-electron chi connectivity index (χ4n) is 4.66. The molecule has 0 aliphatic carbocycles. The maximum Gasteiger partial charge on any atom is 0.354 e. The highest BCUT2D eigenvalue weighted by Gasteiger charge is 2.20. The predicted molar refractivity (Wildman–Crippen MR) is 163 cm³/mol. The van der Waals surface area contributed by atoms with Crippen molar-refractivity contribution in [2.75, 3.05) is 21.2 Å². The highest BCUT2D eigenvalue weighted by Crippen LogP contribution is 2.40. The van der Waals surface area contributed by atoms with Crippen LogP contribution in [0.5, 0.6) is 0 Å². The number of hydrogen-bond acceptors (Lipinski definition) is 4. The summed E-state index contributed by atoms with van der Waals surface area (Å²) >= 11 is 7.96. The van der Waals surface area contributed by atoms with Crippen molar-refractivity contribution in [2.24, 2.45) is 0 Å². The molecule has 0 radical (unpaired) electrons. The summed E-state index contributed by atoms with van der Waals surface area (Å²) in [6, 6.07) is 29.9. The molecule has 1 heterocycles. The minimum atomic E-state index is -0.403. The van der Waals surface area contributed by atoms with E-state index in [4.69, 9.17) is 16.3 Å². The SMILES string of the molecule is COC(=O)c1cc2cc(-c3ccccc3)c(Sc3ccc(Cl)c(C)c3)cc2n1Cc1ccc(C(=O)N(C)C)cc1. The van der Waals surface area contributed by atoms with Crippen molar-refractivity contribution in [3.63, 3.8) is 0 Å². The number of fused-ring (bicyclic) bond motifs is 1. The molecule has 202 valence electrons. The van der Waals surface area contributed by atoms with Crippen molar-refractivity contribution in [3.05, 3.63) is 118 Å². The Hall–Kier alpha value is -4.00. The van der Waals surface area contributed by atoms with E-state index in [0.717, 1.165) is 48.0 Å². The molecule has 0 N–H and O–H groups in total. The summed E-state index contributed by atoms with van der Waals surface area (Å²) in [4.78, 5) is 28.9. The Morgan fingerprint density at radius 3 is 2.30 bits per heavy atom. The number of aromatic nitrogens is 1. The summed E-state index contributed by atoms with van der Waals surface area (Å²) in [5.74, 6) is -0.458. The molecule has 5 rings (SSSR count). The van der Waals surface area contributed by atoms with Crippen LogP contribution < -0.4 is 0 Å². The quantitative estimate of drug-likeness (QED) is 0.187. The molecule has 5 aromatic rings. The normalized spacial score (nSPS) is 11.0. The van der Waals surface area contributed by atoms with Crippen molar-refractivity contribution in [1.29, 1.82) is 0 Å². The van der Waals surface area contributed by atoms with Crippen molar-refractivity contribution in [2.45, 2.75) is 23.3 Å². The molecule has 0 saturated carbocycles. The summed E-state index contributed by atoms with van der Waals surface area (Å²) in [5.41, 5.74) is 6.14. The van der Waals surface area contributed by atoms with Crippen LogP contribution in [-0.4, -0.2) is 42.5 Å². The van der Waals surface area contributed by atoms with E-state index in [2.05, 4.69) is 30.3 Å². The van der Waals surface area contributed by atoms with Gasteiger partial charge in [0.15, 0.2) is 0 Å². The number of aryl methyl sites for hydroxylation is 1. The van der Waals surface area contributed by atoms with E-state index in [1.54, 1.807) is 30.8 Å². The number of rotatable bonds is 7. The number of esters is 1. The fourth-order valence-corrected chi connectivity index (χ4v) is 5.86. The standard InChI is InChI=1S/C33H29ClN2O3S/c1-21-16-26(14-15-28(21)34)40-31-19-29-25(17-27(31)23-8-6-5-7-9-23)18-30(33(38)39-4)36(29)20-22-10-12-24(13-11-22)32(37)35(2)3/h5-19H,20H2,1-4H3. The van der Waals surface area contributed by atoms with Crippen molar-refractivity contribution in [1.82, 2.24) is 9.47 Å². The molecule has 0 bridgehead atoms. The maximum absolute atomic E-state index is 12.9. The largest absolute Gasteiger partial charge is 0.464 e. The van der Waals surface area contributed by atoms with Crippen molar-refractivity contribution >= 4 is 46.1 Å². The molecule has 0 saturated heterocycles. The number of halogens is 1. The molecule has 5 nitrogen and oxygen atoms in total. The van der Waals surface area contributed by atoms with Crippen LogP contribution in [-0.2, 0) is 11.3 Å². The van der Waals surface area contributed by atoms with Gasteiger partial charge < -0.3 is 14.2 Å². The van der Waals surface area contributed by atoms with Gasteiger partial charge in [0.25, 0.3) is 5.91 Å². The fraction of sp³-hybridized carbons (Fsp3) is 0.152. The second kappa shape index (κ2) is 11.6. The number of benzene rings is 4. The molecule has 0 unspecified atom stereocenters. The Balaban J connectivity index is 1.64. The molecule has 7 heteroatoms. The second-order valence-corrected chi connectivity index (χ2v) is 11.3. The number of carbonyl (C=O) groups is 2. The van der Waals surface area contributed by atoms with Crippen molar-refractivity contribution in [3.8, 4) is 11.1 Å². The first-order valence-electron chi connectivity index (χ1n) is 12.8. The number of carbonyl (C=O) groups excluding carboxylic acids is 2. The Morgan fingerprint density at radius 2 is 1.65 bits per heavy atom. The van der Waals surface area contributed by atoms with E-state index in [1.807, 2.05) is 72.2 Å². The summed E-state index contributed by atoms with van der Waals surface area (Å²) in [5, 5.41) is 1.67. The van der Waals surface area contributed by atoms with E-state index in [1.165, 1.54) is 7.11 Å². The van der Waals surface area contributed by atoms with Gasteiger partial charge in [0.2, 0.25) is 0 Å². The molecule has 0 atom stereocenters. The topological polar surface area (TPSA) is 51.5 Å². The Bertz CT molecular complexity index is 1710. The number of nitrogens with zero attached hydrogens (tertiary/aromatic N) is 2. The van der Waals surface area contributed by atoms with Crippen LogP contribution in [0.2, 0.25) is 5.02 Å². The lowest BCUT2D eigenvalue weighted by atomic mass is 10.0. The average Bonchev–Trinajstić information content (AvgIpc) is 3.31. The van der Waals surface area contributed by atoms with Crippen LogP contribution in [0.15, 0.2) is 101 Å². The van der Waals surface area contributed by atoms with Gasteiger partial charge in [-0.3, -0.25) is 4.79 Å². The average molecular weight is 569 g/mol. The first-order valence-corrected chi connectivity index (χ1v) is 14.0. The molecule has 4 aromatic carbocycles. The summed E-state index contributed by atoms with van der Waals surface area (Å²) in [6.07, 6.45) is 0. The third-order valence-electron chi connectivity index (χ3n) is 6.79. The molecule has 0 fully saturated rings. The van der Waals surface area contributed by atoms with Gasteiger partial charge in [0, 0.05) is 46.4 Å². The summed E-state index contributed by atoms with van der Waals surface area (Å²) < 4.78 is 7.14. The first kappa shape index (κ1) is 27.6. The lowest BCUT2D eigenvalue weighted by molar-refractivity contribution is 0.0589. The summed E-state index contributed by atoms with van der Waals surface area (Å²) in [7, 11) is 4.86. The van der Waals surface area contributed by atoms with Gasteiger partial charge in [0.1, 0.15) is 5.69 Å². The van der Waals surface area contributed by atoms with Gasteiger partial charge in [-0.05, 0) is 77.7 Å². The van der Waals surface area contributed by atoms with Gasteiger partial charge >= 0.3 is 5.97 Å². The van der Waals surface area contributed by atoms with Crippen LogP contribution in [0.4, 0.5) is 0 Å². The first-order chi connectivity index (χ1) is 19.2. The second-order valence-electron chi connectivity index (χ2n) is 9.79. The number of methoxy groups -OCH3 is 1. The smallest absolute Gasteiger partial charge is 0.354 e. The highest BCUT2D eigenvalue weighted by atomic mass is 35.5. The summed E-state index contributed by atoms with van der Waals surface area (Å²) in [6.45, 7) is 2.44. The number of ether oxygens (including phenoxy) is 1. The zero-order chi connectivity index (χ0) is 28.4. The van der Waals surface area contributed by atoms with Gasteiger partial charge in [-0.2, -0.15) is 0 Å². The zero-order valence-electron chi connectivity index (χ0n) is 22.8.